The Bertz CT molecular complexity index is 216. The highest BCUT2D eigenvalue weighted by Gasteiger charge is 2.52. The highest BCUT2D eigenvalue weighted by atomic mass is 35.5. The van der Waals surface area contributed by atoms with Crippen LogP contribution in [0.3, 0.4) is 0 Å². The molecule has 0 amide bonds. The summed E-state index contributed by atoms with van der Waals surface area (Å²) < 4.78 is 19.2. The predicted octanol–water partition coefficient (Wildman–Crippen LogP) is 0.296. The third kappa shape index (κ3) is 2.41. The van der Waals surface area contributed by atoms with E-state index >= 15 is 0 Å². The molecule has 0 unspecified atom stereocenters. The largest absolute Gasteiger partial charge is 0.286 e. The Kier molecular flexibility index (Phi) is 3.22. The standard InChI is InChI=1S/CH8Cl2N4O2P2/c2-1(3,10(4,5)8)11(6,7)9/h(H4,4,5,8)(H4,6,7,9). The SMILES string of the molecule is NP(N)(=O)C(Cl)(Cl)P(N)(N)=O. The van der Waals surface area contributed by atoms with Gasteiger partial charge >= 0.3 is 0 Å². The van der Waals surface area contributed by atoms with E-state index in [-0.39, 0.29) is 0 Å². The first-order valence-electron chi connectivity index (χ1n) is 2.22. The van der Waals surface area contributed by atoms with E-state index in [1.54, 1.807) is 0 Å². The normalized spacial score (nSPS) is 15.1. The average molecular weight is 241 g/mol. The molecular formula is CH8Cl2N4O2P2. The zero-order chi connectivity index (χ0) is 9.50. The van der Waals surface area contributed by atoms with Crippen LogP contribution in [-0.2, 0) is 9.13 Å². The molecule has 0 rings (SSSR count). The minimum Gasteiger partial charge on any atom is -0.286 e. The van der Waals surface area contributed by atoms with Crippen LogP contribution in [0.5, 0.6) is 0 Å². The first kappa shape index (κ1) is 11.9. The summed E-state index contributed by atoms with van der Waals surface area (Å²) in [6.07, 6.45) is 0. The smallest absolute Gasteiger partial charge is 0.273 e. The van der Waals surface area contributed by atoms with Crippen molar-refractivity contribution in [2.45, 2.75) is 3.82 Å². The third-order valence-electron chi connectivity index (χ3n) is 0.841. The van der Waals surface area contributed by atoms with E-state index in [0.29, 0.717) is 0 Å². The molecule has 0 aliphatic heterocycles. The second-order valence-corrected chi connectivity index (χ2v) is 8.84. The summed E-state index contributed by atoms with van der Waals surface area (Å²) in [5.41, 5.74) is 19.3. The van der Waals surface area contributed by atoms with E-state index in [1.807, 2.05) is 0 Å². The Hall–Kier alpha value is 0.880. The highest BCUT2D eigenvalue weighted by Crippen LogP contribution is 2.67. The fraction of sp³-hybridized carbons (Fsp3) is 1.00. The maximum Gasteiger partial charge on any atom is 0.273 e. The van der Waals surface area contributed by atoms with Gasteiger partial charge in [0, 0.05) is 0 Å². The van der Waals surface area contributed by atoms with Crippen LogP contribution in [0.15, 0.2) is 0 Å². The zero-order valence-electron chi connectivity index (χ0n) is 5.28. The number of nitrogens with two attached hydrogens (primary N) is 4. The molecule has 10 heteroatoms. The summed E-state index contributed by atoms with van der Waals surface area (Å²) in [6, 6.07) is 0. The van der Waals surface area contributed by atoms with Gasteiger partial charge in [-0.2, -0.15) is 0 Å². The fourth-order valence-electron chi connectivity index (χ4n) is 0.244. The quantitative estimate of drug-likeness (QED) is 0.405. The van der Waals surface area contributed by atoms with Gasteiger partial charge < -0.3 is 0 Å². The molecule has 0 saturated carbocycles. The molecule has 0 spiro atoms. The van der Waals surface area contributed by atoms with Crippen molar-refractivity contribution in [2.75, 3.05) is 0 Å². The van der Waals surface area contributed by atoms with Crippen molar-refractivity contribution in [1.82, 2.24) is 0 Å². The van der Waals surface area contributed by atoms with Gasteiger partial charge in [0.15, 0.2) is 0 Å². The van der Waals surface area contributed by atoms with Gasteiger partial charge in [0.25, 0.3) is 18.7 Å². The van der Waals surface area contributed by atoms with Gasteiger partial charge in [-0.1, -0.05) is 23.2 Å². The van der Waals surface area contributed by atoms with Crippen molar-refractivity contribution in [3.63, 3.8) is 0 Å². The maximum absolute atomic E-state index is 10.8. The Balaban J connectivity index is 5.08. The first-order valence-corrected chi connectivity index (χ1v) is 6.67. The van der Waals surface area contributed by atoms with E-state index < -0.39 is 18.7 Å². The van der Waals surface area contributed by atoms with Crippen LogP contribution >= 0.6 is 38.1 Å². The summed E-state index contributed by atoms with van der Waals surface area (Å²) in [7, 11) is -7.94. The molecule has 0 heterocycles. The van der Waals surface area contributed by atoms with Gasteiger partial charge in [-0.25, -0.2) is 0 Å². The summed E-state index contributed by atoms with van der Waals surface area (Å²) in [6.45, 7) is 0. The van der Waals surface area contributed by atoms with Crippen LogP contribution in [0.4, 0.5) is 0 Å². The predicted molar refractivity (Wildman–Crippen MR) is 46.4 cm³/mol. The van der Waals surface area contributed by atoms with Gasteiger partial charge in [-0.15, -0.1) is 0 Å². The molecule has 0 aromatic heterocycles. The topological polar surface area (TPSA) is 138 Å². The summed E-state index contributed by atoms with van der Waals surface area (Å²) in [5, 5.41) is 0. The van der Waals surface area contributed by atoms with Crippen molar-refractivity contribution in [1.29, 1.82) is 0 Å². The van der Waals surface area contributed by atoms with E-state index in [9.17, 15) is 9.13 Å². The Morgan fingerprint density at radius 3 is 1.09 bits per heavy atom. The van der Waals surface area contributed by atoms with E-state index in [2.05, 4.69) is 0 Å². The second-order valence-electron chi connectivity index (χ2n) is 1.93. The number of hydrogen-bond donors (Lipinski definition) is 4. The zero-order valence-corrected chi connectivity index (χ0v) is 8.58. The third-order valence-corrected chi connectivity index (χ3v) is 7.57. The summed E-state index contributed by atoms with van der Waals surface area (Å²) in [4.78, 5) is 0. The number of halogens is 2. The molecule has 0 saturated heterocycles. The van der Waals surface area contributed by atoms with Gasteiger partial charge in [-0.3, -0.25) is 31.1 Å². The lowest BCUT2D eigenvalue weighted by molar-refractivity contribution is 0.565. The molecule has 0 aromatic rings. The Labute approximate surface area is 73.5 Å². The number of rotatable bonds is 2. The lowest BCUT2D eigenvalue weighted by atomic mass is 11.8. The Morgan fingerprint density at radius 1 is 0.909 bits per heavy atom. The van der Waals surface area contributed by atoms with Gasteiger partial charge in [0.1, 0.15) is 0 Å². The van der Waals surface area contributed by atoms with Crippen molar-refractivity contribution in [3.8, 4) is 0 Å². The molecule has 8 N–H and O–H groups in total. The van der Waals surface area contributed by atoms with Crippen molar-refractivity contribution in [2.24, 2.45) is 22.0 Å². The maximum atomic E-state index is 10.8. The van der Waals surface area contributed by atoms with Crippen LogP contribution in [0.2, 0.25) is 0 Å². The molecule has 6 nitrogen and oxygen atoms in total. The van der Waals surface area contributed by atoms with Crippen LogP contribution < -0.4 is 22.0 Å². The van der Waals surface area contributed by atoms with Crippen LogP contribution in [0.1, 0.15) is 0 Å². The highest BCUT2D eigenvalue weighted by molar-refractivity contribution is 7.84. The molecule has 0 atom stereocenters. The molecule has 11 heavy (non-hydrogen) atoms. The van der Waals surface area contributed by atoms with Crippen molar-refractivity contribution >= 4 is 38.1 Å². The molecule has 0 bridgehead atoms. The van der Waals surface area contributed by atoms with Crippen molar-refractivity contribution in [3.05, 3.63) is 0 Å². The summed E-state index contributed by atoms with van der Waals surface area (Å²) >= 11 is 10.5. The van der Waals surface area contributed by atoms with Gasteiger partial charge in [0.05, 0.1) is 0 Å². The lowest BCUT2D eigenvalue weighted by Crippen LogP contribution is -2.31. The molecule has 0 aliphatic rings. The molecular weight excluding hydrogens is 233 g/mol. The Morgan fingerprint density at radius 2 is 1.09 bits per heavy atom. The molecule has 0 fully saturated rings. The minimum absolute atomic E-state index is 2.46. The van der Waals surface area contributed by atoms with E-state index in [4.69, 9.17) is 45.2 Å². The fourth-order valence-corrected chi connectivity index (χ4v) is 2.20. The van der Waals surface area contributed by atoms with Gasteiger partial charge in [0.2, 0.25) is 0 Å². The molecule has 0 aliphatic carbocycles. The van der Waals surface area contributed by atoms with Crippen LogP contribution in [0.25, 0.3) is 0 Å². The van der Waals surface area contributed by atoms with Crippen LogP contribution in [-0.4, -0.2) is 3.82 Å². The second kappa shape index (κ2) is 2.98. The average Bonchev–Trinajstić information content (AvgIpc) is 1.58. The minimum atomic E-state index is -3.97. The van der Waals surface area contributed by atoms with Gasteiger partial charge in [-0.05, 0) is 0 Å². The molecule has 0 radical (unpaired) electrons. The first-order chi connectivity index (χ1) is 4.50. The lowest BCUT2D eigenvalue weighted by Gasteiger charge is -2.25. The monoisotopic (exact) mass is 240 g/mol. The van der Waals surface area contributed by atoms with Crippen molar-refractivity contribution < 1.29 is 9.13 Å². The molecule has 68 valence electrons. The van der Waals surface area contributed by atoms with Crippen LogP contribution in [0, 0.1) is 0 Å². The van der Waals surface area contributed by atoms with E-state index in [1.165, 1.54) is 0 Å². The number of alkyl halides is 2. The van der Waals surface area contributed by atoms with E-state index in [0.717, 1.165) is 0 Å². The summed E-state index contributed by atoms with van der Waals surface area (Å²) in [5.74, 6) is 0. The number of hydrogen-bond acceptors (Lipinski definition) is 2. The molecule has 0 aromatic carbocycles.